The number of ether oxygens (including phenoxy) is 1. The monoisotopic (exact) mass is 396 g/mol. The second-order valence-corrected chi connectivity index (χ2v) is 8.33. The molecule has 2 nitrogen and oxygen atoms in total. The van der Waals surface area contributed by atoms with E-state index in [-0.39, 0.29) is 17.9 Å². The molecule has 0 unspecified atom stereocenters. The van der Waals surface area contributed by atoms with Gasteiger partial charge in [0.25, 0.3) is 0 Å². The van der Waals surface area contributed by atoms with Crippen molar-refractivity contribution in [3.8, 4) is 11.1 Å². The number of carbonyl (C=O) groups is 1. The fourth-order valence-corrected chi connectivity index (χ4v) is 4.28. The van der Waals surface area contributed by atoms with E-state index < -0.39 is 0 Å². The molecule has 3 heteroatoms. The molecule has 1 saturated carbocycles. The lowest BCUT2D eigenvalue weighted by atomic mass is 9.85. The Labute approximate surface area is 174 Å². The van der Waals surface area contributed by atoms with Crippen LogP contribution in [-0.4, -0.2) is 12.1 Å². The molecule has 2 aromatic rings. The summed E-state index contributed by atoms with van der Waals surface area (Å²) in [5, 5.41) is 0. The summed E-state index contributed by atoms with van der Waals surface area (Å²) in [5.41, 5.74) is 2.91. The Morgan fingerprint density at radius 1 is 1.00 bits per heavy atom. The van der Waals surface area contributed by atoms with E-state index in [1.807, 2.05) is 12.1 Å². The van der Waals surface area contributed by atoms with Crippen molar-refractivity contribution in [1.82, 2.24) is 0 Å². The normalized spacial score (nSPS) is 19.1. The third-order valence-electron chi connectivity index (χ3n) is 6.05. The van der Waals surface area contributed by atoms with Crippen LogP contribution in [-0.2, 0) is 11.2 Å². The van der Waals surface area contributed by atoms with Gasteiger partial charge in [-0.15, -0.1) is 0 Å². The number of unbranched alkanes of at least 4 members (excludes halogenated alkanes) is 1. The number of esters is 1. The van der Waals surface area contributed by atoms with E-state index in [1.54, 1.807) is 30.3 Å². The van der Waals surface area contributed by atoms with Crippen LogP contribution in [0.2, 0.25) is 0 Å². The maximum absolute atomic E-state index is 14.5. The van der Waals surface area contributed by atoms with Gasteiger partial charge in [-0.3, -0.25) is 0 Å². The predicted octanol–water partition coefficient (Wildman–Crippen LogP) is 7.35. The number of carbonyl (C=O) groups excluding carboxylic acids is 1. The van der Waals surface area contributed by atoms with Crippen molar-refractivity contribution in [3.63, 3.8) is 0 Å². The van der Waals surface area contributed by atoms with E-state index in [1.165, 1.54) is 12.8 Å². The van der Waals surface area contributed by atoms with E-state index in [2.05, 4.69) is 13.8 Å². The van der Waals surface area contributed by atoms with Gasteiger partial charge in [0.15, 0.2) is 0 Å². The Morgan fingerprint density at radius 2 is 1.72 bits per heavy atom. The number of halogens is 1. The molecule has 1 fully saturated rings. The van der Waals surface area contributed by atoms with Crippen LogP contribution in [0.1, 0.15) is 81.1 Å². The molecule has 0 bridgehead atoms. The molecule has 156 valence electrons. The van der Waals surface area contributed by atoms with Crippen LogP contribution in [0.3, 0.4) is 0 Å². The van der Waals surface area contributed by atoms with Crippen LogP contribution in [0.5, 0.6) is 0 Å². The van der Waals surface area contributed by atoms with Crippen LogP contribution in [0.4, 0.5) is 4.39 Å². The zero-order chi connectivity index (χ0) is 20.6. The summed E-state index contributed by atoms with van der Waals surface area (Å²) >= 11 is 0. The molecule has 0 N–H and O–H groups in total. The Bertz CT molecular complexity index is 789. The zero-order valence-electron chi connectivity index (χ0n) is 17.8. The number of rotatable bonds is 8. The summed E-state index contributed by atoms with van der Waals surface area (Å²) < 4.78 is 20.2. The van der Waals surface area contributed by atoms with E-state index in [4.69, 9.17) is 4.74 Å². The van der Waals surface area contributed by atoms with Gasteiger partial charge >= 0.3 is 5.97 Å². The first-order valence-electron chi connectivity index (χ1n) is 11.2. The average molecular weight is 397 g/mol. The van der Waals surface area contributed by atoms with E-state index >= 15 is 0 Å². The fourth-order valence-electron chi connectivity index (χ4n) is 4.28. The minimum Gasteiger partial charge on any atom is -0.459 e. The first-order valence-corrected chi connectivity index (χ1v) is 11.2. The van der Waals surface area contributed by atoms with Gasteiger partial charge in [-0.05, 0) is 73.8 Å². The average Bonchev–Trinajstić information content (AvgIpc) is 2.74. The van der Waals surface area contributed by atoms with Gasteiger partial charge in [0, 0.05) is 5.56 Å². The number of benzene rings is 2. The first kappa shape index (κ1) is 21.5. The van der Waals surface area contributed by atoms with E-state index in [0.717, 1.165) is 62.0 Å². The van der Waals surface area contributed by atoms with Gasteiger partial charge < -0.3 is 4.74 Å². The number of hydrogen-bond donors (Lipinski definition) is 0. The van der Waals surface area contributed by atoms with Crippen LogP contribution < -0.4 is 0 Å². The lowest BCUT2D eigenvalue weighted by Gasteiger charge is -2.28. The molecule has 0 radical (unpaired) electrons. The quantitative estimate of drug-likeness (QED) is 0.436. The van der Waals surface area contributed by atoms with Gasteiger partial charge in [0.05, 0.1) is 5.56 Å². The minimum absolute atomic E-state index is 0.0309. The standard InChI is InChI=1S/C26H33FO2/c1-3-5-7-20-10-17-24(25(27)18-20)21-11-13-22(14-12-21)26(28)29-23-15-8-19(6-4-2)9-16-23/h10-14,17-19,23H,3-9,15-16H2,1-2H3. The summed E-state index contributed by atoms with van der Waals surface area (Å²) in [6.07, 6.45) is 9.82. The number of aryl methyl sites for hydroxylation is 1. The second-order valence-electron chi connectivity index (χ2n) is 8.33. The fraction of sp³-hybridized carbons (Fsp3) is 0.500. The lowest BCUT2D eigenvalue weighted by molar-refractivity contribution is 0.0161. The summed E-state index contributed by atoms with van der Waals surface area (Å²) in [7, 11) is 0. The van der Waals surface area contributed by atoms with Crippen molar-refractivity contribution in [2.75, 3.05) is 0 Å². The van der Waals surface area contributed by atoms with Gasteiger partial charge in [0.1, 0.15) is 11.9 Å². The van der Waals surface area contributed by atoms with Crippen LogP contribution in [0.15, 0.2) is 42.5 Å². The van der Waals surface area contributed by atoms with Gasteiger partial charge in [-0.1, -0.05) is 57.4 Å². The molecule has 0 spiro atoms. The molecule has 0 aromatic heterocycles. The van der Waals surface area contributed by atoms with Crippen molar-refractivity contribution in [2.45, 2.75) is 77.7 Å². The first-order chi connectivity index (χ1) is 14.1. The third kappa shape index (κ3) is 5.91. The van der Waals surface area contributed by atoms with Crippen LogP contribution in [0.25, 0.3) is 11.1 Å². The largest absolute Gasteiger partial charge is 0.459 e. The summed E-state index contributed by atoms with van der Waals surface area (Å²) in [4.78, 5) is 12.5. The molecular weight excluding hydrogens is 363 g/mol. The smallest absolute Gasteiger partial charge is 0.338 e. The van der Waals surface area contributed by atoms with Crippen molar-refractivity contribution in [3.05, 3.63) is 59.4 Å². The van der Waals surface area contributed by atoms with Crippen molar-refractivity contribution in [2.24, 2.45) is 5.92 Å². The maximum atomic E-state index is 14.5. The zero-order valence-corrected chi connectivity index (χ0v) is 17.8. The Balaban J connectivity index is 1.59. The van der Waals surface area contributed by atoms with Crippen LogP contribution in [0, 0.1) is 11.7 Å². The highest BCUT2D eigenvalue weighted by Gasteiger charge is 2.24. The van der Waals surface area contributed by atoms with Gasteiger partial charge in [0.2, 0.25) is 0 Å². The van der Waals surface area contributed by atoms with Crippen molar-refractivity contribution in [1.29, 1.82) is 0 Å². The third-order valence-corrected chi connectivity index (χ3v) is 6.05. The highest BCUT2D eigenvalue weighted by Crippen LogP contribution is 2.30. The molecule has 0 amide bonds. The van der Waals surface area contributed by atoms with Crippen LogP contribution >= 0.6 is 0 Å². The maximum Gasteiger partial charge on any atom is 0.338 e. The molecule has 29 heavy (non-hydrogen) atoms. The van der Waals surface area contributed by atoms with E-state index in [0.29, 0.717) is 11.1 Å². The molecule has 0 heterocycles. The highest BCUT2D eigenvalue weighted by molar-refractivity contribution is 5.90. The Hall–Kier alpha value is -2.16. The summed E-state index contributed by atoms with van der Waals surface area (Å²) in [6, 6.07) is 12.5. The SMILES string of the molecule is CCCCc1ccc(-c2ccc(C(=O)OC3CCC(CCC)CC3)cc2)c(F)c1. The van der Waals surface area contributed by atoms with Gasteiger partial charge in [-0.2, -0.15) is 0 Å². The molecule has 1 aliphatic carbocycles. The molecule has 0 atom stereocenters. The Kier molecular flexibility index (Phi) is 7.85. The molecule has 0 aliphatic heterocycles. The van der Waals surface area contributed by atoms with Crippen molar-refractivity contribution >= 4 is 5.97 Å². The highest BCUT2D eigenvalue weighted by atomic mass is 19.1. The molecule has 2 aromatic carbocycles. The predicted molar refractivity (Wildman–Crippen MR) is 117 cm³/mol. The topological polar surface area (TPSA) is 26.3 Å². The summed E-state index contributed by atoms with van der Waals surface area (Å²) in [6.45, 7) is 4.36. The minimum atomic E-state index is -0.272. The Morgan fingerprint density at radius 3 is 2.34 bits per heavy atom. The van der Waals surface area contributed by atoms with E-state index in [9.17, 15) is 9.18 Å². The molecule has 1 aliphatic rings. The molecule has 3 rings (SSSR count). The lowest BCUT2D eigenvalue weighted by Crippen LogP contribution is -2.24. The molecule has 0 saturated heterocycles. The van der Waals surface area contributed by atoms with Crippen molar-refractivity contribution < 1.29 is 13.9 Å². The second kappa shape index (κ2) is 10.6. The molecular formula is C26H33FO2. The number of hydrogen-bond acceptors (Lipinski definition) is 2. The van der Waals surface area contributed by atoms with Gasteiger partial charge in [-0.25, -0.2) is 9.18 Å². The summed E-state index contributed by atoms with van der Waals surface area (Å²) in [5.74, 6) is 0.307.